The Kier molecular flexibility index (Phi) is 4.88. The maximum Gasteiger partial charge on any atom is 0.0236 e. The molecule has 2 aliphatic rings. The molecule has 1 aromatic rings. The van der Waals surface area contributed by atoms with Gasteiger partial charge in [0.2, 0.25) is 0 Å². The van der Waals surface area contributed by atoms with E-state index in [2.05, 4.69) is 36.1 Å². The van der Waals surface area contributed by atoms with Crippen LogP contribution in [0.5, 0.6) is 0 Å². The van der Waals surface area contributed by atoms with Gasteiger partial charge in [-0.15, -0.1) is 12.4 Å². The zero-order valence-corrected chi connectivity index (χ0v) is 12.5. The number of halogens is 1. The van der Waals surface area contributed by atoms with Crippen molar-refractivity contribution in [1.29, 1.82) is 0 Å². The summed E-state index contributed by atoms with van der Waals surface area (Å²) in [4.78, 5) is 2.59. The first kappa shape index (κ1) is 14.8. The molecule has 1 aromatic carbocycles. The van der Waals surface area contributed by atoms with Gasteiger partial charge in [-0.2, -0.15) is 0 Å². The molecule has 1 aliphatic carbocycles. The van der Waals surface area contributed by atoms with Crippen molar-refractivity contribution >= 4 is 12.4 Å². The summed E-state index contributed by atoms with van der Waals surface area (Å²) in [5.41, 5.74) is 8.82. The van der Waals surface area contributed by atoms with Crippen molar-refractivity contribution in [2.75, 3.05) is 13.1 Å². The second kappa shape index (κ2) is 6.25. The zero-order valence-electron chi connectivity index (χ0n) is 11.7. The van der Waals surface area contributed by atoms with Crippen molar-refractivity contribution in [3.05, 3.63) is 35.4 Å². The predicted molar refractivity (Wildman–Crippen MR) is 82.7 cm³/mol. The molecule has 0 radical (unpaired) electrons. The van der Waals surface area contributed by atoms with Gasteiger partial charge in [0.15, 0.2) is 0 Å². The first-order valence-electron chi connectivity index (χ1n) is 7.29. The summed E-state index contributed by atoms with van der Waals surface area (Å²) in [7, 11) is 0. The van der Waals surface area contributed by atoms with Gasteiger partial charge in [0, 0.05) is 19.1 Å². The maximum absolute atomic E-state index is 5.80. The molecule has 0 bridgehead atoms. The van der Waals surface area contributed by atoms with Crippen LogP contribution in [-0.4, -0.2) is 24.0 Å². The Hall–Kier alpha value is -0.570. The third-order valence-corrected chi connectivity index (χ3v) is 4.51. The monoisotopic (exact) mass is 280 g/mol. The van der Waals surface area contributed by atoms with Crippen molar-refractivity contribution in [2.45, 2.75) is 44.7 Å². The summed E-state index contributed by atoms with van der Waals surface area (Å²) in [6.45, 7) is 5.44. The van der Waals surface area contributed by atoms with Gasteiger partial charge in [-0.25, -0.2) is 0 Å². The van der Waals surface area contributed by atoms with Crippen LogP contribution in [0.25, 0.3) is 0 Å². The summed E-state index contributed by atoms with van der Waals surface area (Å²) >= 11 is 0. The quantitative estimate of drug-likeness (QED) is 0.918. The molecule has 2 fully saturated rings. The number of nitrogens with zero attached hydrogens (tertiary/aromatic N) is 1. The molecule has 106 valence electrons. The van der Waals surface area contributed by atoms with Gasteiger partial charge < -0.3 is 5.73 Å². The smallest absolute Gasteiger partial charge is 0.0236 e. The fraction of sp³-hybridized carbons (Fsp3) is 0.625. The predicted octanol–water partition coefficient (Wildman–Crippen LogP) is 3.15. The van der Waals surface area contributed by atoms with E-state index in [1.807, 2.05) is 0 Å². The molecule has 2 atom stereocenters. The third-order valence-electron chi connectivity index (χ3n) is 4.51. The fourth-order valence-corrected chi connectivity index (χ4v) is 3.21. The number of benzene rings is 1. The zero-order chi connectivity index (χ0) is 12.5. The third kappa shape index (κ3) is 3.50. The van der Waals surface area contributed by atoms with Crippen molar-refractivity contribution in [2.24, 2.45) is 11.7 Å². The topological polar surface area (TPSA) is 29.3 Å². The first-order chi connectivity index (χ1) is 8.76. The highest BCUT2D eigenvalue weighted by Crippen LogP contribution is 2.40. The minimum absolute atomic E-state index is 0. The molecular formula is C16H25ClN2. The molecule has 0 amide bonds. The highest BCUT2D eigenvalue weighted by atomic mass is 35.5. The van der Waals surface area contributed by atoms with E-state index in [9.17, 15) is 0 Å². The number of rotatable bonds is 4. The van der Waals surface area contributed by atoms with E-state index < -0.39 is 0 Å². The molecular weight excluding hydrogens is 256 g/mol. The van der Waals surface area contributed by atoms with Gasteiger partial charge in [0.05, 0.1) is 0 Å². The molecule has 0 spiro atoms. The van der Waals surface area contributed by atoms with Crippen LogP contribution < -0.4 is 5.73 Å². The highest BCUT2D eigenvalue weighted by molar-refractivity contribution is 5.85. The number of hydrogen-bond donors (Lipinski definition) is 1. The molecule has 0 aromatic heterocycles. The van der Waals surface area contributed by atoms with Crippen molar-refractivity contribution < 1.29 is 0 Å². The van der Waals surface area contributed by atoms with E-state index in [0.717, 1.165) is 19.0 Å². The van der Waals surface area contributed by atoms with Crippen LogP contribution >= 0.6 is 12.4 Å². The lowest BCUT2D eigenvalue weighted by atomic mass is 10.1. The van der Waals surface area contributed by atoms with Crippen LogP contribution in [0, 0.1) is 5.92 Å². The minimum Gasteiger partial charge on any atom is -0.330 e. The fourth-order valence-electron chi connectivity index (χ4n) is 3.21. The Morgan fingerprint density at radius 1 is 1.32 bits per heavy atom. The van der Waals surface area contributed by atoms with Gasteiger partial charge in [-0.3, -0.25) is 4.90 Å². The van der Waals surface area contributed by atoms with Crippen LogP contribution in [-0.2, 0) is 6.54 Å². The molecule has 3 rings (SSSR count). The summed E-state index contributed by atoms with van der Waals surface area (Å²) in [6, 6.07) is 9.89. The molecule has 2 unspecified atom stereocenters. The molecule has 1 saturated heterocycles. The van der Waals surface area contributed by atoms with E-state index >= 15 is 0 Å². The molecule has 2 nitrogen and oxygen atoms in total. The lowest BCUT2D eigenvalue weighted by Gasteiger charge is -2.21. The van der Waals surface area contributed by atoms with E-state index in [-0.39, 0.29) is 12.4 Å². The van der Waals surface area contributed by atoms with Gasteiger partial charge in [0.1, 0.15) is 0 Å². The molecule has 1 aliphatic heterocycles. The van der Waals surface area contributed by atoms with E-state index in [1.54, 1.807) is 5.56 Å². The summed E-state index contributed by atoms with van der Waals surface area (Å²) in [5, 5.41) is 0. The number of nitrogens with two attached hydrogens (primary N) is 1. The van der Waals surface area contributed by atoms with E-state index in [4.69, 9.17) is 5.73 Å². The molecule has 1 saturated carbocycles. The average molecular weight is 281 g/mol. The van der Waals surface area contributed by atoms with Gasteiger partial charge in [-0.1, -0.05) is 24.3 Å². The van der Waals surface area contributed by atoms with E-state index in [1.165, 1.54) is 31.4 Å². The Balaban J connectivity index is 0.00000133. The van der Waals surface area contributed by atoms with Gasteiger partial charge >= 0.3 is 0 Å². The molecule has 19 heavy (non-hydrogen) atoms. The largest absolute Gasteiger partial charge is 0.330 e. The molecule has 3 heteroatoms. The van der Waals surface area contributed by atoms with Crippen LogP contribution in [0.4, 0.5) is 0 Å². The second-order valence-electron chi connectivity index (χ2n) is 6.14. The van der Waals surface area contributed by atoms with Crippen LogP contribution in [0.2, 0.25) is 0 Å². The van der Waals surface area contributed by atoms with Crippen molar-refractivity contribution in [3.8, 4) is 0 Å². The van der Waals surface area contributed by atoms with Gasteiger partial charge in [0.25, 0.3) is 0 Å². The normalized spacial score (nSPS) is 27.3. The summed E-state index contributed by atoms with van der Waals surface area (Å²) in [6.07, 6.45) is 4.04. The van der Waals surface area contributed by atoms with Crippen LogP contribution in [0.15, 0.2) is 24.3 Å². The SMILES string of the molecule is CC1CC(CN)CN1Cc1cccc(C2CC2)c1.Cl. The van der Waals surface area contributed by atoms with Crippen LogP contribution in [0.3, 0.4) is 0 Å². The van der Waals surface area contributed by atoms with Crippen molar-refractivity contribution in [3.63, 3.8) is 0 Å². The van der Waals surface area contributed by atoms with E-state index in [0.29, 0.717) is 12.0 Å². The Labute approximate surface area is 122 Å². The highest BCUT2D eigenvalue weighted by Gasteiger charge is 2.28. The maximum atomic E-state index is 5.80. The Bertz CT molecular complexity index is 417. The lowest BCUT2D eigenvalue weighted by Crippen LogP contribution is -2.27. The minimum atomic E-state index is 0. The first-order valence-corrected chi connectivity index (χ1v) is 7.29. The second-order valence-corrected chi connectivity index (χ2v) is 6.14. The number of hydrogen-bond acceptors (Lipinski definition) is 2. The molecule has 2 N–H and O–H groups in total. The Morgan fingerprint density at radius 3 is 2.74 bits per heavy atom. The molecule has 1 heterocycles. The van der Waals surface area contributed by atoms with Crippen molar-refractivity contribution in [1.82, 2.24) is 4.90 Å². The average Bonchev–Trinajstić information content (AvgIpc) is 3.16. The van der Waals surface area contributed by atoms with Gasteiger partial charge in [-0.05, 0) is 55.7 Å². The Morgan fingerprint density at radius 2 is 2.11 bits per heavy atom. The standard InChI is InChI=1S/C16H24N2.ClH/c1-12-7-14(9-17)11-18(12)10-13-3-2-4-16(8-13)15-5-6-15;/h2-4,8,12,14-15H,5-7,9-11,17H2,1H3;1H. The van der Waals surface area contributed by atoms with Crippen LogP contribution in [0.1, 0.15) is 43.2 Å². The summed E-state index contributed by atoms with van der Waals surface area (Å²) < 4.78 is 0. The number of likely N-dealkylation sites (tertiary alicyclic amines) is 1. The summed E-state index contributed by atoms with van der Waals surface area (Å²) in [5.74, 6) is 1.56. The lowest BCUT2D eigenvalue weighted by molar-refractivity contribution is 0.256.